The van der Waals surface area contributed by atoms with Crippen molar-refractivity contribution >= 4 is 17.6 Å². The Morgan fingerprint density at radius 2 is 1.42 bits per heavy atom. The highest BCUT2D eigenvalue weighted by Crippen LogP contribution is 2.41. The third-order valence-corrected chi connectivity index (χ3v) is 5.32. The van der Waals surface area contributed by atoms with Gasteiger partial charge in [0.05, 0.1) is 5.69 Å². The van der Waals surface area contributed by atoms with E-state index in [0.717, 1.165) is 0 Å². The third kappa shape index (κ3) is 3.25. The van der Waals surface area contributed by atoms with E-state index >= 15 is 0 Å². The normalized spacial score (nSPS) is 24.0. The van der Waals surface area contributed by atoms with E-state index in [4.69, 9.17) is 0 Å². The minimum Gasteiger partial charge on any atom is -0.323 e. The van der Waals surface area contributed by atoms with E-state index in [-0.39, 0.29) is 28.4 Å². The Labute approximate surface area is 156 Å². The van der Waals surface area contributed by atoms with E-state index in [1.807, 2.05) is 24.3 Å². The maximum Gasteiger partial charge on any atom is 0.329 e. The molecule has 1 spiro atoms. The molecule has 0 atom stereocenters. The number of anilines is 1. The van der Waals surface area contributed by atoms with Crippen LogP contribution in [-0.2, 0) is 10.2 Å². The summed E-state index contributed by atoms with van der Waals surface area (Å²) in [5.41, 5.74) is 0.504. The first-order valence-electron chi connectivity index (χ1n) is 9.31. The van der Waals surface area contributed by atoms with Gasteiger partial charge in [-0.15, -0.1) is 0 Å². The molecule has 26 heavy (non-hydrogen) atoms. The second kappa shape index (κ2) is 5.56. The zero-order valence-corrected chi connectivity index (χ0v) is 17.0. The molecule has 2 fully saturated rings. The van der Waals surface area contributed by atoms with Crippen molar-refractivity contribution in [2.45, 2.75) is 83.3 Å². The van der Waals surface area contributed by atoms with Crippen molar-refractivity contribution in [2.24, 2.45) is 0 Å². The fourth-order valence-electron chi connectivity index (χ4n) is 4.78. The van der Waals surface area contributed by atoms with Crippen molar-refractivity contribution in [3.63, 3.8) is 0 Å². The molecule has 5 heteroatoms. The molecule has 0 aromatic heterocycles. The molecular weight excluding hydrogens is 326 g/mol. The van der Waals surface area contributed by atoms with Crippen LogP contribution in [-0.4, -0.2) is 28.6 Å². The first-order chi connectivity index (χ1) is 11.7. The van der Waals surface area contributed by atoms with Gasteiger partial charge in [-0.3, -0.25) is 4.79 Å². The molecule has 1 aromatic rings. The summed E-state index contributed by atoms with van der Waals surface area (Å²) in [7, 11) is 0. The number of piperidine rings is 1. The Morgan fingerprint density at radius 3 is 1.88 bits per heavy atom. The number of nitrogens with zero attached hydrogens (tertiary/aromatic N) is 1. The average Bonchev–Trinajstić information content (AvgIpc) is 2.64. The van der Waals surface area contributed by atoms with Gasteiger partial charge in [0, 0.05) is 11.1 Å². The van der Waals surface area contributed by atoms with E-state index in [2.05, 4.69) is 59.1 Å². The third-order valence-electron chi connectivity index (χ3n) is 5.32. The molecule has 0 aliphatic carbocycles. The van der Waals surface area contributed by atoms with Gasteiger partial charge in [0.1, 0.15) is 5.54 Å². The molecule has 0 saturated carbocycles. The van der Waals surface area contributed by atoms with Gasteiger partial charge < -0.3 is 10.6 Å². The number of amides is 3. The molecule has 2 saturated heterocycles. The van der Waals surface area contributed by atoms with E-state index in [0.29, 0.717) is 18.5 Å². The Morgan fingerprint density at radius 1 is 0.923 bits per heavy atom. The summed E-state index contributed by atoms with van der Waals surface area (Å²) in [6.45, 7) is 14.7. The molecule has 3 rings (SSSR count). The van der Waals surface area contributed by atoms with Gasteiger partial charge in [0.2, 0.25) is 0 Å². The van der Waals surface area contributed by atoms with Crippen LogP contribution in [0.3, 0.4) is 0 Å². The predicted octanol–water partition coefficient (Wildman–Crippen LogP) is 3.72. The Kier molecular flexibility index (Phi) is 4.04. The molecule has 2 heterocycles. The van der Waals surface area contributed by atoms with E-state index in [1.165, 1.54) is 10.5 Å². The predicted molar refractivity (Wildman–Crippen MR) is 104 cm³/mol. The summed E-state index contributed by atoms with van der Waals surface area (Å²) in [6, 6.07) is 7.41. The lowest BCUT2D eigenvalue weighted by atomic mass is 9.71. The quantitative estimate of drug-likeness (QED) is 0.753. The molecule has 2 aliphatic rings. The summed E-state index contributed by atoms with van der Waals surface area (Å²) in [6.07, 6.45) is 1.15. The largest absolute Gasteiger partial charge is 0.329 e. The average molecular weight is 357 g/mol. The van der Waals surface area contributed by atoms with Crippen LogP contribution < -0.4 is 15.5 Å². The highest BCUT2D eigenvalue weighted by molar-refractivity contribution is 6.23. The lowest BCUT2D eigenvalue weighted by Crippen LogP contribution is -2.68. The molecule has 1 aromatic carbocycles. The number of hydrogen-bond donors (Lipinski definition) is 2. The van der Waals surface area contributed by atoms with E-state index in [1.54, 1.807) is 0 Å². The summed E-state index contributed by atoms with van der Waals surface area (Å²) in [5, 5.41) is 6.60. The SMILES string of the molecule is CC1(C)CC2(CC(C)(C)N1)NC(=O)N(c1ccc(C(C)(C)C)cc1)C2=O. The molecule has 0 radical (unpaired) electrons. The van der Waals surface area contributed by atoms with Crippen LogP contribution in [0, 0.1) is 0 Å². The first-order valence-corrected chi connectivity index (χ1v) is 9.31. The van der Waals surface area contributed by atoms with E-state index < -0.39 is 5.54 Å². The van der Waals surface area contributed by atoms with E-state index in [9.17, 15) is 9.59 Å². The van der Waals surface area contributed by atoms with Crippen molar-refractivity contribution in [3.8, 4) is 0 Å². The van der Waals surface area contributed by atoms with Crippen LogP contribution >= 0.6 is 0 Å². The molecule has 142 valence electrons. The maximum absolute atomic E-state index is 13.4. The van der Waals surface area contributed by atoms with Crippen LogP contribution in [0.4, 0.5) is 10.5 Å². The van der Waals surface area contributed by atoms with Gasteiger partial charge in [0.15, 0.2) is 0 Å². The monoisotopic (exact) mass is 357 g/mol. The number of hydrogen-bond acceptors (Lipinski definition) is 3. The number of urea groups is 1. The number of carbonyl (C=O) groups excluding carboxylic acids is 2. The van der Waals surface area contributed by atoms with Gasteiger partial charge in [-0.1, -0.05) is 32.9 Å². The van der Waals surface area contributed by atoms with Crippen LogP contribution in [0.15, 0.2) is 24.3 Å². The Bertz CT molecular complexity index is 726. The van der Waals surface area contributed by atoms with Crippen molar-refractivity contribution in [1.29, 1.82) is 0 Å². The highest BCUT2D eigenvalue weighted by Gasteiger charge is 2.58. The maximum atomic E-state index is 13.4. The van der Waals surface area contributed by atoms with Gasteiger partial charge in [-0.2, -0.15) is 0 Å². The van der Waals surface area contributed by atoms with Crippen molar-refractivity contribution in [3.05, 3.63) is 29.8 Å². The molecule has 2 aliphatic heterocycles. The van der Waals surface area contributed by atoms with Crippen LogP contribution in [0.5, 0.6) is 0 Å². The smallest absolute Gasteiger partial charge is 0.323 e. The standard InChI is InChI=1S/C21H31N3O2/c1-18(2,3)14-8-10-15(11-9-14)24-16(25)21(22-17(24)26)12-19(4,5)23-20(6,7)13-21/h8-11,23H,12-13H2,1-7H3,(H,22,26). The summed E-state index contributed by atoms with van der Waals surface area (Å²) >= 11 is 0. The van der Waals surface area contributed by atoms with Gasteiger partial charge in [0.25, 0.3) is 5.91 Å². The van der Waals surface area contributed by atoms with Gasteiger partial charge in [-0.05, 0) is 63.6 Å². The van der Waals surface area contributed by atoms with Crippen LogP contribution in [0.25, 0.3) is 0 Å². The Balaban J connectivity index is 1.94. The molecule has 0 unspecified atom stereocenters. The summed E-state index contributed by atoms with van der Waals surface area (Å²) < 4.78 is 0. The fourth-order valence-corrected chi connectivity index (χ4v) is 4.78. The van der Waals surface area contributed by atoms with Gasteiger partial charge >= 0.3 is 6.03 Å². The van der Waals surface area contributed by atoms with Crippen molar-refractivity contribution < 1.29 is 9.59 Å². The highest BCUT2D eigenvalue weighted by atomic mass is 16.2. The second-order valence-electron chi connectivity index (χ2n) is 10.2. The summed E-state index contributed by atoms with van der Waals surface area (Å²) in [5.74, 6) is -0.145. The molecule has 0 bridgehead atoms. The lowest BCUT2D eigenvalue weighted by molar-refractivity contribution is -0.125. The number of carbonyl (C=O) groups is 2. The lowest BCUT2D eigenvalue weighted by Gasteiger charge is -2.50. The van der Waals surface area contributed by atoms with Crippen LogP contribution in [0.2, 0.25) is 0 Å². The molecule has 3 amide bonds. The first kappa shape index (κ1) is 18.9. The minimum absolute atomic E-state index is 0.0279. The number of rotatable bonds is 1. The van der Waals surface area contributed by atoms with Crippen LogP contribution in [0.1, 0.15) is 66.9 Å². The molecular formula is C21H31N3O2. The summed E-state index contributed by atoms with van der Waals surface area (Å²) in [4.78, 5) is 27.4. The Hall–Kier alpha value is -1.88. The second-order valence-corrected chi connectivity index (χ2v) is 10.2. The topological polar surface area (TPSA) is 61.4 Å². The number of nitrogens with one attached hydrogen (secondary N) is 2. The zero-order chi connectivity index (χ0) is 19.5. The van der Waals surface area contributed by atoms with Crippen molar-refractivity contribution in [2.75, 3.05) is 4.90 Å². The van der Waals surface area contributed by atoms with Crippen molar-refractivity contribution in [1.82, 2.24) is 10.6 Å². The minimum atomic E-state index is -0.849. The molecule has 5 nitrogen and oxygen atoms in total. The van der Waals surface area contributed by atoms with Gasteiger partial charge in [-0.25, -0.2) is 9.69 Å². The number of imide groups is 1. The molecule has 2 N–H and O–H groups in total. The fraction of sp³-hybridized carbons (Fsp3) is 0.619. The zero-order valence-electron chi connectivity index (χ0n) is 17.0. The number of benzene rings is 1.